The zero-order chi connectivity index (χ0) is 12.1. The summed E-state index contributed by atoms with van der Waals surface area (Å²) in [6.45, 7) is 1.48. The van der Waals surface area contributed by atoms with Crippen LogP contribution in [-0.2, 0) is 0 Å². The number of phenols is 1. The quantitative estimate of drug-likeness (QED) is 0.851. The maximum Gasteiger partial charge on any atom is 0.168 e. The van der Waals surface area contributed by atoms with Crippen LogP contribution in [0.3, 0.4) is 0 Å². The van der Waals surface area contributed by atoms with Gasteiger partial charge >= 0.3 is 0 Å². The van der Waals surface area contributed by atoms with E-state index in [4.69, 9.17) is 9.84 Å². The molecule has 2 rings (SSSR count). The number of rotatable bonds is 3. The molecule has 94 valence electrons. The van der Waals surface area contributed by atoms with Crippen LogP contribution in [0.4, 0.5) is 4.39 Å². The van der Waals surface area contributed by atoms with Gasteiger partial charge in [-0.2, -0.15) is 0 Å². The van der Waals surface area contributed by atoms with Gasteiger partial charge in [-0.15, -0.1) is 0 Å². The average Bonchev–Trinajstić information content (AvgIpc) is 2.56. The molecule has 1 aromatic rings. The maximum absolute atomic E-state index is 13.4. The van der Waals surface area contributed by atoms with Crippen molar-refractivity contribution in [1.29, 1.82) is 0 Å². The Kier molecular flexibility index (Phi) is 4.20. The molecule has 1 aromatic carbocycles. The molecule has 0 aromatic heterocycles. The number of ether oxygens (including phenoxy) is 1. The van der Waals surface area contributed by atoms with E-state index in [1.54, 1.807) is 0 Å². The molecule has 0 aliphatic carbocycles. The molecule has 2 N–H and O–H groups in total. The van der Waals surface area contributed by atoms with Gasteiger partial charge in [0.2, 0.25) is 0 Å². The van der Waals surface area contributed by atoms with E-state index in [0.717, 1.165) is 19.0 Å². The number of halogens is 1. The Hall–Kier alpha value is -1.29. The van der Waals surface area contributed by atoms with Crippen LogP contribution < -0.4 is 10.1 Å². The second-order valence-corrected chi connectivity index (χ2v) is 4.43. The summed E-state index contributed by atoms with van der Waals surface area (Å²) in [5.41, 5.74) is 0. The molecule has 1 saturated heterocycles. The molecule has 3 nitrogen and oxygen atoms in total. The highest BCUT2D eigenvalue weighted by Gasteiger charge is 2.13. The smallest absolute Gasteiger partial charge is 0.168 e. The first-order valence-electron chi connectivity index (χ1n) is 6.10. The number of nitrogens with one attached hydrogen (secondary N) is 1. The maximum atomic E-state index is 13.4. The Bertz CT molecular complexity index is 362. The van der Waals surface area contributed by atoms with Crippen molar-refractivity contribution in [1.82, 2.24) is 5.32 Å². The molecule has 17 heavy (non-hydrogen) atoms. The van der Waals surface area contributed by atoms with E-state index in [9.17, 15) is 4.39 Å². The van der Waals surface area contributed by atoms with Gasteiger partial charge in [0.25, 0.3) is 0 Å². The van der Waals surface area contributed by atoms with Crippen molar-refractivity contribution in [3.63, 3.8) is 0 Å². The summed E-state index contributed by atoms with van der Waals surface area (Å²) >= 11 is 0. The minimum atomic E-state index is -0.515. The van der Waals surface area contributed by atoms with Crippen LogP contribution in [0.25, 0.3) is 0 Å². The number of hydrogen-bond donors (Lipinski definition) is 2. The molecule has 1 heterocycles. The molecule has 1 atom stereocenters. The molecule has 4 heteroatoms. The van der Waals surface area contributed by atoms with Crippen molar-refractivity contribution in [2.75, 3.05) is 13.2 Å². The van der Waals surface area contributed by atoms with E-state index >= 15 is 0 Å². The summed E-state index contributed by atoms with van der Waals surface area (Å²) in [6.07, 6.45) is 4.71. The van der Waals surface area contributed by atoms with Gasteiger partial charge in [0.15, 0.2) is 11.6 Å². The lowest BCUT2D eigenvalue weighted by atomic mass is 10.1. The van der Waals surface area contributed by atoms with E-state index in [-0.39, 0.29) is 11.5 Å². The van der Waals surface area contributed by atoms with Gasteiger partial charge in [-0.05, 0) is 31.5 Å². The topological polar surface area (TPSA) is 41.5 Å². The van der Waals surface area contributed by atoms with Crippen molar-refractivity contribution < 1.29 is 14.2 Å². The largest absolute Gasteiger partial charge is 0.508 e. The summed E-state index contributed by atoms with van der Waals surface area (Å²) in [5, 5.41) is 12.5. The average molecular weight is 239 g/mol. The molecule has 0 bridgehead atoms. The fourth-order valence-electron chi connectivity index (χ4n) is 2.04. The van der Waals surface area contributed by atoms with Crippen LogP contribution in [0, 0.1) is 5.82 Å². The summed E-state index contributed by atoms with van der Waals surface area (Å²) in [6, 6.07) is 4.25. The molecule has 1 unspecified atom stereocenters. The van der Waals surface area contributed by atoms with Crippen LogP contribution in [0.15, 0.2) is 18.2 Å². The zero-order valence-corrected chi connectivity index (χ0v) is 9.79. The molecule has 0 saturated carbocycles. The van der Waals surface area contributed by atoms with Gasteiger partial charge in [-0.3, -0.25) is 0 Å². The van der Waals surface area contributed by atoms with Crippen molar-refractivity contribution in [2.45, 2.75) is 31.7 Å². The molecule has 1 aliphatic heterocycles. The summed E-state index contributed by atoms with van der Waals surface area (Å²) in [7, 11) is 0. The fourth-order valence-corrected chi connectivity index (χ4v) is 2.04. The van der Waals surface area contributed by atoms with Gasteiger partial charge in [0, 0.05) is 12.1 Å². The minimum absolute atomic E-state index is 0.0811. The summed E-state index contributed by atoms with van der Waals surface area (Å²) in [5.74, 6) is -0.394. The molecular weight excluding hydrogens is 221 g/mol. The SMILES string of the molecule is Oc1ccc(OCC2CCCCCN2)c(F)c1. The number of benzene rings is 1. The fraction of sp³-hybridized carbons (Fsp3) is 0.538. The highest BCUT2D eigenvalue weighted by Crippen LogP contribution is 2.22. The third kappa shape index (κ3) is 3.60. The monoisotopic (exact) mass is 239 g/mol. The number of aromatic hydroxyl groups is 1. The predicted molar refractivity (Wildman–Crippen MR) is 63.8 cm³/mol. The van der Waals surface area contributed by atoms with Crippen molar-refractivity contribution in [2.24, 2.45) is 0 Å². The third-order valence-corrected chi connectivity index (χ3v) is 3.02. The Morgan fingerprint density at radius 3 is 3.06 bits per heavy atom. The molecule has 1 fully saturated rings. The molecule has 0 radical (unpaired) electrons. The van der Waals surface area contributed by atoms with Crippen LogP contribution in [0.2, 0.25) is 0 Å². The minimum Gasteiger partial charge on any atom is -0.508 e. The Morgan fingerprint density at radius 2 is 2.24 bits per heavy atom. The van der Waals surface area contributed by atoms with Gasteiger partial charge in [-0.1, -0.05) is 12.8 Å². The van der Waals surface area contributed by atoms with Crippen molar-refractivity contribution >= 4 is 0 Å². The predicted octanol–water partition coefficient (Wildman–Crippen LogP) is 2.44. The first-order chi connectivity index (χ1) is 8.25. The van der Waals surface area contributed by atoms with E-state index in [2.05, 4.69) is 5.32 Å². The zero-order valence-electron chi connectivity index (χ0n) is 9.79. The summed E-state index contributed by atoms with van der Waals surface area (Å²) in [4.78, 5) is 0. The van der Waals surface area contributed by atoms with E-state index in [0.29, 0.717) is 12.6 Å². The molecule has 0 spiro atoms. The first-order valence-corrected chi connectivity index (χ1v) is 6.10. The normalized spacial score (nSPS) is 20.9. The highest BCUT2D eigenvalue weighted by molar-refractivity contribution is 5.32. The Morgan fingerprint density at radius 1 is 1.35 bits per heavy atom. The van der Waals surface area contributed by atoms with Crippen LogP contribution >= 0.6 is 0 Å². The number of hydrogen-bond acceptors (Lipinski definition) is 3. The van der Waals surface area contributed by atoms with E-state index < -0.39 is 5.82 Å². The van der Waals surface area contributed by atoms with Crippen LogP contribution in [0.1, 0.15) is 25.7 Å². The van der Waals surface area contributed by atoms with Crippen LogP contribution in [-0.4, -0.2) is 24.3 Å². The molecule has 0 amide bonds. The lowest BCUT2D eigenvalue weighted by Gasteiger charge is -2.16. The lowest BCUT2D eigenvalue weighted by Crippen LogP contribution is -2.33. The standard InChI is InChI=1S/C13H18FNO2/c14-12-8-11(16)5-6-13(12)17-9-10-4-2-1-3-7-15-10/h5-6,8,10,15-16H,1-4,7,9H2. The van der Waals surface area contributed by atoms with Gasteiger partial charge < -0.3 is 15.2 Å². The van der Waals surface area contributed by atoms with Gasteiger partial charge in [0.1, 0.15) is 12.4 Å². The highest BCUT2D eigenvalue weighted by atomic mass is 19.1. The van der Waals surface area contributed by atoms with E-state index in [1.165, 1.54) is 31.4 Å². The van der Waals surface area contributed by atoms with E-state index in [1.807, 2.05) is 0 Å². The van der Waals surface area contributed by atoms with Crippen molar-refractivity contribution in [3.05, 3.63) is 24.0 Å². The van der Waals surface area contributed by atoms with Gasteiger partial charge in [0.05, 0.1) is 0 Å². The molecular formula is C13H18FNO2. The number of phenolic OH excluding ortho intramolecular Hbond substituents is 1. The Balaban J connectivity index is 1.88. The second-order valence-electron chi connectivity index (χ2n) is 4.43. The Labute approximate surface area is 101 Å². The van der Waals surface area contributed by atoms with Crippen LogP contribution in [0.5, 0.6) is 11.5 Å². The second kappa shape index (κ2) is 5.87. The van der Waals surface area contributed by atoms with Gasteiger partial charge in [-0.25, -0.2) is 4.39 Å². The summed E-state index contributed by atoms with van der Waals surface area (Å²) < 4.78 is 18.8. The first kappa shape index (κ1) is 12.2. The van der Waals surface area contributed by atoms with Crippen molar-refractivity contribution in [3.8, 4) is 11.5 Å². The lowest BCUT2D eigenvalue weighted by molar-refractivity contribution is 0.250. The molecule has 1 aliphatic rings. The third-order valence-electron chi connectivity index (χ3n) is 3.02.